The number of carbonyl (C=O) groups is 1. The van der Waals surface area contributed by atoms with Crippen LogP contribution in [0.1, 0.15) is 10.4 Å². The zero-order valence-corrected chi connectivity index (χ0v) is 10.3. The highest BCUT2D eigenvalue weighted by Crippen LogP contribution is 2.26. The first kappa shape index (κ1) is 11.7. The molecule has 0 aliphatic carbocycles. The highest BCUT2D eigenvalue weighted by molar-refractivity contribution is 6.35. The number of fused-ring (bicyclic) bond motifs is 2. The van der Waals surface area contributed by atoms with E-state index in [2.05, 4.69) is 0 Å². The average molecular weight is 275 g/mol. The summed E-state index contributed by atoms with van der Waals surface area (Å²) in [5.41, 5.74) is 0.294. The van der Waals surface area contributed by atoms with E-state index in [1.54, 1.807) is 24.3 Å². The van der Waals surface area contributed by atoms with Crippen LogP contribution >= 0.6 is 11.6 Å². The van der Waals surface area contributed by atoms with Gasteiger partial charge in [0.1, 0.15) is 5.58 Å². The Hall–Kier alpha value is -2.33. The molecule has 0 aliphatic rings. The first-order valence-electron chi connectivity index (χ1n) is 5.46. The van der Waals surface area contributed by atoms with Crippen LogP contribution in [-0.4, -0.2) is 11.1 Å². The summed E-state index contributed by atoms with van der Waals surface area (Å²) < 4.78 is 5.57. The molecule has 0 fully saturated rings. The van der Waals surface area contributed by atoms with Gasteiger partial charge in [-0.15, -0.1) is 0 Å². The Bertz CT molecular complexity index is 880. The SMILES string of the molecule is O=C(O)c1cc(Cl)c2oc3ccccc3c(=O)c2c1. The van der Waals surface area contributed by atoms with Crippen molar-refractivity contribution in [2.75, 3.05) is 0 Å². The number of aromatic carboxylic acids is 1. The van der Waals surface area contributed by atoms with E-state index >= 15 is 0 Å². The van der Waals surface area contributed by atoms with E-state index in [9.17, 15) is 9.59 Å². The molecule has 94 valence electrons. The fourth-order valence-electron chi connectivity index (χ4n) is 1.99. The fraction of sp³-hybridized carbons (Fsp3) is 0. The van der Waals surface area contributed by atoms with E-state index in [1.807, 2.05) is 0 Å². The summed E-state index contributed by atoms with van der Waals surface area (Å²) in [6.45, 7) is 0. The van der Waals surface area contributed by atoms with Gasteiger partial charge in [-0.25, -0.2) is 4.79 Å². The average Bonchev–Trinajstić information content (AvgIpc) is 2.40. The second-order valence-electron chi connectivity index (χ2n) is 4.07. The topological polar surface area (TPSA) is 67.5 Å². The molecule has 4 nitrogen and oxygen atoms in total. The largest absolute Gasteiger partial charge is 0.478 e. The Labute approximate surface area is 111 Å². The third-order valence-corrected chi connectivity index (χ3v) is 3.16. The van der Waals surface area contributed by atoms with Crippen LogP contribution in [0.15, 0.2) is 45.6 Å². The summed E-state index contributed by atoms with van der Waals surface area (Å²) in [4.78, 5) is 23.3. The van der Waals surface area contributed by atoms with Crippen molar-refractivity contribution in [2.24, 2.45) is 0 Å². The number of rotatable bonds is 1. The molecular weight excluding hydrogens is 268 g/mol. The van der Waals surface area contributed by atoms with Crippen LogP contribution in [0.3, 0.4) is 0 Å². The van der Waals surface area contributed by atoms with Gasteiger partial charge in [-0.2, -0.15) is 0 Å². The Morgan fingerprint density at radius 3 is 2.63 bits per heavy atom. The van der Waals surface area contributed by atoms with E-state index in [1.165, 1.54) is 12.1 Å². The molecular formula is C14H7ClO4. The van der Waals surface area contributed by atoms with E-state index in [4.69, 9.17) is 21.1 Å². The second kappa shape index (κ2) is 4.10. The van der Waals surface area contributed by atoms with Crippen LogP contribution in [0.4, 0.5) is 0 Å². The van der Waals surface area contributed by atoms with Crippen molar-refractivity contribution in [3.63, 3.8) is 0 Å². The predicted octanol–water partition coefficient (Wildman–Crippen LogP) is 3.30. The zero-order valence-electron chi connectivity index (χ0n) is 9.51. The van der Waals surface area contributed by atoms with Crippen LogP contribution in [0.25, 0.3) is 21.9 Å². The summed E-state index contributed by atoms with van der Waals surface area (Å²) in [6.07, 6.45) is 0. The fourth-order valence-corrected chi connectivity index (χ4v) is 2.25. The molecule has 1 aromatic heterocycles. The molecule has 3 aromatic rings. The van der Waals surface area contributed by atoms with Crippen molar-refractivity contribution in [2.45, 2.75) is 0 Å². The first-order valence-corrected chi connectivity index (χ1v) is 5.84. The molecule has 5 heteroatoms. The van der Waals surface area contributed by atoms with Gasteiger partial charge in [-0.05, 0) is 24.3 Å². The minimum atomic E-state index is -1.14. The van der Waals surface area contributed by atoms with Gasteiger partial charge < -0.3 is 9.52 Å². The lowest BCUT2D eigenvalue weighted by atomic mass is 10.1. The molecule has 2 aromatic carbocycles. The van der Waals surface area contributed by atoms with Gasteiger partial charge in [-0.3, -0.25) is 4.79 Å². The number of carboxylic acids is 1. The smallest absolute Gasteiger partial charge is 0.335 e. The lowest BCUT2D eigenvalue weighted by Crippen LogP contribution is -2.05. The third-order valence-electron chi connectivity index (χ3n) is 2.88. The number of para-hydroxylation sites is 1. The molecule has 0 aliphatic heterocycles. The van der Waals surface area contributed by atoms with Crippen molar-refractivity contribution in [3.05, 3.63) is 57.2 Å². The number of benzene rings is 2. The summed E-state index contributed by atoms with van der Waals surface area (Å²) >= 11 is 5.98. The molecule has 0 saturated carbocycles. The monoisotopic (exact) mass is 274 g/mol. The molecule has 3 rings (SSSR count). The second-order valence-corrected chi connectivity index (χ2v) is 4.47. The summed E-state index contributed by atoms with van der Waals surface area (Å²) in [7, 11) is 0. The normalized spacial score (nSPS) is 11.0. The van der Waals surface area contributed by atoms with Gasteiger partial charge in [0, 0.05) is 0 Å². The highest BCUT2D eigenvalue weighted by Gasteiger charge is 2.14. The van der Waals surface area contributed by atoms with Gasteiger partial charge in [0.25, 0.3) is 0 Å². The van der Waals surface area contributed by atoms with E-state index < -0.39 is 5.97 Å². The van der Waals surface area contributed by atoms with Crippen molar-refractivity contribution in [1.82, 2.24) is 0 Å². The van der Waals surface area contributed by atoms with Crippen LogP contribution in [-0.2, 0) is 0 Å². The Morgan fingerprint density at radius 1 is 1.16 bits per heavy atom. The highest BCUT2D eigenvalue weighted by atomic mass is 35.5. The lowest BCUT2D eigenvalue weighted by molar-refractivity contribution is 0.0697. The van der Waals surface area contributed by atoms with Crippen LogP contribution < -0.4 is 5.43 Å². The molecule has 0 radical (unpaired) electrons. The van der Waals surface area contributed by atoms with Crippen LogP contribution in [0.5, 0.6) is 0 Å². The number of halogens is 1. The maximum Gasteiger partial charge on any atom is 0.335 e. The minimum Gasteiger partial charge on any atom is -0.478 e. The molecule has 0 spiro atoms. The first-order chi connectivity index (χ1) is 9.08. The molecule has 19 heavy (non-hydrogen) atoms. The van der Waals surface area contributed by atoms with Crippen LogP contribution in [0.2, 0.25) is 5.02 Å². The molecule has 0 amide bonds. The van der Waals surface area contributed by atoms with Gasteiger partial charge in [0.15, 0.2) is 5.58 Å². The van der Waals surface area contributed by atoms with E-state index in [0.29, 0.717) is 11.0 Å². The van der Waals surface area contributed by atoms with Crippen molar-refractivity contribution >= 4 is 39.5 Å². The van der Waals surface area contributed by atoms with E-state index in [0.717, 1.165) is 0 Å². The quantitative estimate of drug-likeness (QED) is 0.691. The van der Waals surface area contributed by atoms with Gasteiger partial charge >= 0.3 is 5.97 Å². The van der Waals surface area contributed by atoms with Gasteiger partial charge in [-0.1, -0.05) is 23.7 Å². The summed E-state index contributed by atoms with van der Waals surface area (Å²) in [5.74, 6) is -1.14. The number of hydrogen-bond acceptors (Lipinski definition) is 3. The maximum atomic E-state index is 12.3. The summed E-state index contributed by atoms with van der Waals surface area (Å²) in [6, 6.07) is 9.30. The zero-order chi connectivity index (χ0) is 13.6. The predicted molar refractivity (Wildman–Crippen MR) is 72.0 cm³/mol. The minimum absolute atomic E-state index is 0.0416. The Kier molecular flexibility index (Phi) is 2.54. The molecule has 0 bridgehead atoms. The van der Waals surface area contributed by atoms with Crippen molar-refractivity contribution < 1.29 is 14.3 Å². The van der Waals surface area contributed by atoms with Crippen molar-refractivity contribution in [1.29, 1.82) is 0 Å². The van der Waals surface area contributed by atoms with Crippen molar-refractivity contribution in [3.8, 4) is 0 Å². The lowest BCUT2D eigenvalue weighted by Gasteiger charge is -2.04. The summed E-state index contributed by atoms with van der Waals surface area (Å²) in [5, 5.41) is 9.66. The third kappa shape index (κ3) is 1.77. The molecule has 1 heterocycles. The van der Waals surface area contributed by atoms with Crippen LogP contribution in [0, 0.1) is 0 Å². The molecule has 1 N–H and O–H groups in total. The Morgan fingerprint density at radius 2 is 1.89 bits per heavy atom. The van der Waals surface area contributed by atoms with Gasteiger partial charge in [0.2, 0.25) is 5.43 Å². The van der Waals surface area contributed by atoms with E-state index in [-0.39, 0.29) is 27.0 Å². The molecule has 0 atom stereocenters. The molecule has 0 saturated heterocycles. The maximum absolute atomic E-state index is 12.3. The number of carboxylic acid groups (broad SMARTS) is 1. The Balaban J connectivity index is 2.55. The number of hydrogen-bond donors (Lipinski definition) is 1. The van der Waals surface area contributed by atoms with Gasteiger partial charge in [0.05, 0.1) is 21.4 Å². The molecule has 0 unspecified atom stereocenters. The standard InChI is InChI=1S/C14H7ClO4/c15-10-6-7(14(17)18)5-9-12(16)8-3-1-2-4-11(8)19-13(9)10/h1-6H,(H,17,18).